The van der Waals surface area contributed by atoms with Crippen LogP contribution in [0.1, 0.15) is 19.7 Å². The number of carbonyl (C=O) groups is 2. The molecule has 1 aromatic carbocycles. The molecule has 2 amide bonds. The minimum absolute atomic E-state index is 0. The van der Waals surface area contributed by atoms with Gasteiger partial charge in [0, 0.05) is 18.7 Å². The van der Waals surface area contributed by atoms with Crippen LogP contribution in [0.2, 0.25) is 0 Å². The summed E-state index contributed by atoms with van der Waals surface area (Å²) in [6.07, 6.45) is 0. The first-order valence-electron chi connectivity index (χ1n) is 7.07. The van der Waals surface area contributed by atoms with E-state index in [1.807, 2.05) is 13.8 Å². The molecular weight excluding hydrogens is 355 g/mol. The number of rotatable bonds is 5. The molecule has 134 valence electrons. The zero-order valence-electron chi connectivity index (χ0n) is 13.7. The number of aryl methyl sites for hydroxylation is 1. The number of anilines is 1. The highest BCUT2D eigenvalue weighted by Crippen LogP contribution is 2.19. The summed E-state index contributed by atoms with van der Waals surface area (Å²) in [5.41, 5.74) is 7.61. The van der Waals surface area contributed by atoms with Crippen LogP contribution in [0.25, 0.3) is 11.1 Å². The Morgan fingerprint density at radius 1 is 1.29 bits per heavy atom. The van der Waals surface area contributed by atoms with Crippen LogP contribution in [-0.4, -0.2) is 29.4 Å². The zero-order valence-corrected chi connectivity index (χ0v) is 15.3. The van der Waals surface area contributed by atoms with Crippen molar-refractivity contribution >= 4 is 53.4 Å². The number of nitrogens with zero attached hydrogens (tertiary/aromatic N) is 1. The van der Waals surface area contributed by atoms with E-state index in [9.17, 15) is 9.59 Å². The third-order valence-corrected chi connectivity index (χ3v) is 3.22. The van der Waals surface area contributed by atoms with Crippen molar-refractivity contribution in [2.45, 2.75) is 26.8 Å². The van der Waals surface area contributed by atoms with Crippen LogP contribution in [0.3, 0.4) is 0 Å². The molecule has 0 aliphatic rings. The summed E-state index contributed by atoms with van der Waals surface area (Å²) in [6.45, 7) is 5.32. The van der Waals surface area contributed by atoms with E-state index in [4.69, 9.17) is 10.2 Å². The number of aromatic nitrogens is 1. The Kier molecular flexibility index (Phi) is 8.74. The van der Waals surface area contributed by atoms with Gasteiger partial charge in [-0.05, 0) is 18.1 Å². The van der Waals surface area contributed by atoms with Gasteiger partial charge in [0.05, 0.1) is 12.6 Å². The molecule has 0 fully saturated rings. The molecule has 7 nitrogen and oxygen atoms in total. The van der Waals surface area contributed by atoms with Crippen molar-refractivity contribution in [3.63, 3.8) is 0 Å². The highest BCUT2D eigenvalue weighted by atomic mass is 35.5. The van der Waals surface area contributed by atoms with E-state index >= 15 is 0 Å². The van der Waals surface area contributed by atoms with Crippen LogP contribution in [-0.2, 0) is 9.59 Å². The number of hydrogen-bond acceptors (Lipinski definition) is 5. The first kappa shape index (κ1) is 22.2. The normalized spacial score (nSPS) is 11.4. The summed E-state index contributed by atoms with van der Waals surface area (Å²) in [5.74, 6) is -0.0973. The third-order valence-electron chi connectivity index (χ3n) is 3.22. The summed E-state index contributed by atoms with van der Waals surface area (Å²) < 4.78 is 5.40. The minimum Gasteiger partial charge on any atom is -0.441 e. The number of amides is 2. The lowest BCUT2D eigenvalue weighted by Gasteiger charge is -2.15. The average Bonchev–Trinajstić information content (AvgIpc) is 2.83. The van der Waals surface area contributed by atoms with E-state index in [2.05, 4.69) is 15.6 Å². The molecule has 9 heteroatoms. The van der Waals surface area contributed by atoms with Gasteiger partial charge < -0.3 is 20.8 Å². The Morgan fingerprint density at radius 2 is 1.96 bits per heavy atom. The molecule has 0 aliphatic carbocycles. The Morgan fingerprint density at radius 3 is 2.58 bits per heavy atom. The summed E-state index contributed by atoms with van der Waals surface area (Å²) in [7, 11) is 0. The Bertz CT molecular complexity index is 703. The van der Waals surface area contributed by atoms with Crippen molar-refractivity contribution in [2.75, 3.05) is 11.9 Å². The fraction of sp³-hybridized carbons (Fsp3) is 0.400. The predicted octanol–water partition coefficient (Wildman–Crippen LogP) is 2.02. The number of oxazole rings is 1. The molecular formula is C15H22Cl2N4O3. The maximum atomic E-state index is 11.8. The smallest absolute Gasteiger partial charge is 0.243 e. The molecule has 0 radical (unpaired) electrons. The topological polar surface area (TPSA) is 110 Å². The summed E-state index contributed by atoms with van der Waals surface area (Å²) in [5, 5.41) is 5.20. The minimum atomic E-state index is -0.624. The molecule has 24 heavy (non-hydrogen) atoms. The average molecular weight is 377 g/mol. The van der Waals surface area contributed by atoms with E-state index in [-0.39, 0.29) is 49.1 Å². The van der Waals surface area contributed by atoms with Crippen LogP contribution < -0.4 is 16.4 Å². The van der Waals surface area contributed by atoms with Crippen LogP contribution in [0, 0.1) is 12.8 Å². The van der Waals surface area contributed by atoms with Gasteiger partial charge in [0.1, 0.15) is 5.52 Å². The second-order valence-corrected chi connectivity index (χ2v) is 5.45. The number of halogens is 2. The van der Waals surface area contributed by atoms with Crippen molar-refractivity contribution < 1.29 is 14.0 Å². The number of hydrogen-bond donors (Lipinski definition) is 3. The highest BCUT2D eigenvalue weighted by Gasteiger charge is 2.17. The van der Waals surface area contributed by atoms with Crippen molar-refractivity contribution in [1.82, 2.24) is 10.3 Å². The number of fused-ring (bicyclic) bond motifs is 1. The molecule has 0 saturated carbocycles. The summed E-state index contributed by atoms with van der Waals surface area (Å²) in [6, 6.07) is 4.55. The van der Waals surface area contributed by atoms with E-state index in [1.54, 1.807) is 25.1 Å². The molecule has 2 rings (SSSR count). The molecule has 0 bridgehead atoms. The van der Waals surface area contributed by atoms with Crippen molar-refractivity contribution in [2.24, 2.45) is 11.7 Å². The molecule has 0 saturated heterocycles. The van der Waals surface area contributed by atoms with Gasteiger partial charge in [-0.15, -0.1) is 24.8 Å². The Labute approximate surface area is 152 Å². The molecule has 0 spiro atoms. The monoisotopic (exact) mass is 376 g/mol. The van der Waals surface area contributed by atoms with Crippen LogP contribution in [0.15, 0.2) is 22.6 Å². The van der Waals surface area contributed by atoms with Gasteiger partial charge in [-0.3, -0.25) is 9.59 Å². The SMILES string of the molecule is Cc1nc2ccc(NC(=O)CNC(=O)[C@@H](N)C(C)C)cc2o1.Cl.Cl. The summed E-state index contributed by atoms with van der Waals surface area (Å²) >= 11 is 0. The molecule has 1 aromatic heterocycles. The van der Waals surface area contributed by atoms with Crippen LogP contribution >= 0.6 is 24.8 Å². The second kappa shape index (κ2) is 9.46. The van der Waals surface area contributed by atoms with Crippen LogP contribution in [0.4, 0.5) is 5.69 Å². The van der Waals surface area contributed by atoms with E-state index in [1.165, 1.54) is 0 Å². The number of nitrogens with two attached hydrogens (primary N) is 1. The maximum Gasteiger partial charge on any atom is 0.243 e. The molecule has 0 aliphatic heterocycles. The summed E-state index contributed by atoms with van der Waals surface area (Å²) in [4.78, 5) is 27.7. The highest BCUT2D eigenvalue weighted by molar-refractivity contribution is 5.96. The van der Waals surface area contributed by atoms with Gasteiger partial charge in [-0.1, -0.05) is 13.8 Å². The number of nitrogens with one attached hydrogen (secondary N) is 2. The largest absolute Gasteiger partial charge is 0.441 e. The van der Waals surface area contributed by atoms with Gasteiger partial charge in [0.2, 0.25) is 11.8 Å². The van der Waals surface area contributed by atoms with Crippen molar-refractivity contribution in [1.29, 1.82) is 0 Å². The second-order valence-electron chi connectivity index (χ2n) is 5.45. The molecule has 4 N–H and O–H groups in total. The molecule has 0 unspecified atom stereocenters. The molecule has 1 heterocycles. The van der Waals surface area contributed by atoms with E-state index < -0.39 is 6.04 Å². The van der Waals surface area contributed by atoms with Crippen LogP contribution in [0.5, 0.6) is 0 Å². The standard InChI is InChI=1S/C15H20N4O3.2ClH/c1-8(2)14(16)15(21)17-7-13(20)19-10-4-5-11-12(6-10)22-9(3)18-11;;/h4-6,8,14H,7,16H2,1-3H3,(H,17,21)(H,19,20);2*1H/t14-;;/m0../s1. The maximum absolute atomic E-state index is 11.8. The lowest BCUT2D eigenvalue weighted by atomic mass is 10.1. The lowest BCUT2D eigenvalue weighted by Crippen LogP contribution is -2.46. The van der Waals surface area contributed by atoms with Gasteiger partial charge >= 0.3 is 0 Å². The number of benzene rings is 1. The fourth-order valence-electron chi connectivity index (χ4n) is 1.91. The Hall–Kier alpha value is -1.83. The van der Waals surface area contributed by atoms with E-state index in [0.717, 1.165) is 5.52 Å². The molecule has 1 atom stereocenters. The first-order valence-corrected chi connectivity index (χ1v) is 7.07. The molecule has 2 aromatic rings. The van der Waals surface area contributed by atoms with Gasteiger partial charge in [-0.2, -0.15) is 0 Å². The quantitative estimate of drug-likeness (QED) is 0.738. The van der Waals surface area contributed by atoms with E-state index in [0.29, 0.717) is 17.2 Å². The zero-order chi connectivity index (χ0) is 16.3. The fourth-order valence-corrected chi connectivity index (χ4v) is 1.91. The third kappa shape index (κ3) is 5.67. The Balaban J connectivity index is 0.00000264. The van der Waals surface area contributed by atoms with Crippen molar-refractivity contribution in [3.8, 4) is 0 Å². The van der Waals surface area contributed by atoms with Gasteiger partial charge in [-0.25, -0.2) is 4.98 Å². The lowest BCUT2D eigenvalue weighted by molar-refractivity contribution is -0.125. The first-order chi connectivity index (χ1) is 10.4. The predicted molar refractivity (Wildman–Crippen MR) is 97.7 cm³/mol. The number of carbonyl (C=O) groups excluding carboxylic acids is 2. The van der Waals surface area contributed by atoms with Crippen molar-refractivity contribution in [3.05, 3.63) is 24.1 Å². The van der Waals surface area contributed by atoms with Gasteiger partial charge in [0.15, 0.2) is 11.5 Å². The van der Waals surface area contributed by atoms with Gasteiger partial charge in [0.25, 0.3) is 0 Å².